The summed E-state index contributed by atoms with van der Waals surface area (Å²) < 4.78 is 19.3. The molecule has 1 aromatic carbocycles. The highest BCUT2D eigenvalue weighted by atomic mass is 79.9. The molecule has 0 aromatic heterocycles. The molecule has 100 valence electrons. The van der Waals surface area contributed by atoms with Crippen LogP contribution in [0.1, 0.15) is 31.2 Å². The molecule has 1 aromatic rings. The number of halogens is 2. The van der Waals surface area contributed by atoms with Crippen molar-refractivity contribution < 1.29 is 14.2 Å². The molecule has 0 bridgehead atoms. The fourth-order valence-corrected chi connectivity index (χ4v) is 2.95. The number of rotatable bonds is 5. The molecule has 1 aliphatic rings. The fraction of sp³-hybridized carbons (Fsp3) is 0.571. The van der Waals surface area contributed by atoms with E-state index in [1.165, 1.54) is 6.07 Å². The van der Waals surface area contributed by atoms with Gasteiger partial charge in [0.05, 0.1) is 16.2 Å². The molecular formula is C14H18BrFO2. The number of aliphatic hydroxyl groups is 1. The summed E-state index contributed by atoms with van der Waals surface area (Å²) in [6.45, 7) is 0. The van der Waals surface area contributed by atoms with Gasteiger partial charge in [-0.15, -0.1) is 0 Å². The summed E-state index contributed by atoms with van der Waals surface area (Å²) in [4.78, 5) is 0. The Morgan fingerprint density at radius 2 is 2.22 bits per heavy atom. The van der Waals surface area contributed by atoms with Crippen LogP contribution in [0.5, 0.6) is 0 Å². The Labute approximate surface area is 115 Å². The van der Waals surface area contributed by atoms with Crippen molar-refractivity contribution in [2.75, 3.05) is 7.11 Å². The Balaban J connectivity index is 1.98. The van der Waals surface area contributed by atoms with E-state index in [-0.39, 0.29) is 11.4 Å². The van der Waals surface area contributed by atoms with E-state index < -0.39 is 6.10 Å². The SMILES string of the molecule is COC1(CC(O)Cc2cccc(F)c2Br)CCC1. The summed E-state index contributed by atoms with van der Waals surface area (Å²) in [5, 5.41) is 10.1. The zero-order chi connectivity index (χ0) is 13.2. The summed E-state index contributed by atoms with van der Waals surface area (Å²) in [5.41, 5.74) is 0.646. The minimum atomic E-state index is -0.497. The highest BCUT2D eigenvalue weighted by Gasteiger charge is 2.38. The Hall–Kier alpha value is -0.450. The van der Waals surface area contributed by atoms with Crippen molar-refractivity contribution in [1.82, 2.24) is 0 Å². The van der Waals surface area contributed by atoms with Gasteiger partial charge in [-0.3, -0.25) is 0 Å². The summed E-state index contributed by atoms with van der Waals surface area (Å²) in [5.74, 6) is -0.287. The summed E-state index contributed by atoms with van der Waals surface area (Å²) in [6, 6.07) is 4.90. The molecule has 0 spiro atoms. The molecule has 2 rings (SSSR count). The van der Waals surface area contributed by atoms with Gasteiger partial charge in [0.1, 0.15) is 5.82 Å². The third-order valence-electron chi connectivity index (χ3n) is 3.79. The minimum Gasteiger partial charge on any atom is -0.393 e. The van der Waals surface area contributed by atoms with Gasteiger partial charge in [0.15, 0.2) is 0 Å². The second-order valence-electron chi connectivity index (χ2n) is 5.02. The first-order valence-electron chi connectivity index (χ1n) is 6.22. The molecule has 18 heavy (non-hydrogen) atoms. The Bertz CT molecular complexity index is 413. The van der Waals surface area contributed by atoms with Crippen LogP contribution in [-0.2, 0) is 11.2 Å². The predicted molar refractivity (Wildman–Crippen MR) is 72.0 cm³/mol. The van der Waals surface area contributed by atoms with E-state index in [0.717, 1.165) is 24.8 Å². The van der Waals surface area contributed by atoms with Gasteiger partial charge < -0.3 is 9.84 Å². The van der Waals surface area contributed by atoms with E-state index >= 15 is 0 Å². The maximum Gasteiger partial charge on any atom is 0.137 e. The van der Waals surface area contributed by atoms with Gasteiger partial charge >= 0.3 is 0 Å². The third-order valence-corrected chi connectivity index (χ3v) is 4.68. The lowest BCUT2D eigenvalue weighted by Gasteiger charge is -2.41. The highest BCUT2D eigenvalue weighted by Crippen LogP contribution is 2.39. The summed E-state index contributed by atoms with van der Waals surface area (Å²) >= 11 is 3.22. The van der Waals surface area contributed by atoms with Crippen molar-refractivity contribution in [3.8, 4) is 0 Å². The number of aliphatic hydroxyl groups excluding tert-OH is 1. The van der Waals surface area contributed by atoms with Gasteiger partial charge in [-0.05, 0) is 53.2 Å². The largest absolute Gasteiger partial charge is 0.393 e. The van der Waals surface area contributed by atoms with Crippen molar-refractivity contribution >= 4 is 15.9 Å². The van der Waals surface area contributed by atoms with Crippen LogP contribution in [0.4, 0.5) is 4.39 Å². The second kappa shape index (κ2) is 5.68. The lowest BCUT2D eigenvalue weighted by Crippen LogP contribution is -2.42. The molecule has 0 aliphatic heterocycles. The van der Waals surface area contributed by atoms with E-state index in [1.54, 1.807) is 13.2 Å². The molecule has 1 unspecified atom stereocenters. The molecule has 0 amide bonds. The van der Waals surface area contributed by atoms with Crippen LogP contribution >= 0.6 is 15.9 Å². The van der Waals surface area contributed by atoms with Crippen LogP contribution in [0.2, 0.25) is 0 Å². The first-order chi connectivity index (χ1) is 8.56. The molecule has 1 N–H and O–H groups in total. The second-order valence-corrected chi connectivity index (χ2v) is 5.81. The monoisotopic (exact) mass is 316 g/mol. The number of ether oxygens (including phenoxy) is 1. The van der Waals surface area contributed by atoms with Crippen LogP contribution < -0.4 is 0 Å². The fourth-order valence-electron chi connectivity index (χ4n) is 2.52. The molecule has 1 atom stereocenters. The van der Waals surface area contributed by atoms with Gasteiger partial charge in [-0.25, -0.2) is 4.39 Å². The van der Waals surface area contributed by atoms with Gasteiger partial charge in [0.2, 0.25) is 0 Å². The molecule has 0 radical (unpaired) electrons. The maximum atomic E-state index is 13.4. The number of hydrogen-bond donors (Lipinski definition) is 1. The van der Waals surface area contributed by atoms with E-state index in [9.17, 15) is 9.50 Å². The van der Waals surface area contributed by atoms with Gasteiger partial charge in [-0.1, -0.05) is 12.1 Å². The van der Waals surface area contributed by atoms with E-state index in [4.69, 9.17) is 4.74 Å². The van der Waals surface area contributed by atoms with Gasteiger partial charge in [0.25, 0.3) is 0 Å². The van der Waals surface area contributed by atoms with Crippen molar-refractivity contribution in [1.29, 1.82) is 0 Å². The third kappa shape index (κ3) is 2.92. The normalized spacial score (nSPS) is 19.3. The van der Waals surface area contributed by atoms with E-state index in [0.29, 0.717) is 17.3 Å². The molecule has 2 nitrogen and oxygen atoms in total. The van der Waals surface area contributed by atoms with Crippen LogP contribution in [0.25, 0.3) is 0 Å². The highest BCUT2D eigenvalue weighted by molar-refractivity contribution is 9.10. The molecule has 1 fully saturated rings. The van der Waals surface area contributed by atoms with Gasteiger partial charge in [-0.2, -0.15) is 0 Å². The van der Waals surface area contributed by atoms with Gasteiger partial charge in [0, 0.05) is 13.5 Å². The van der Waals surface area contributed by atoms with Crippen molar-refractivity contribution in [3.63, 3.8) is 0 Å². The quantitative estimate of drug-likeness (QED) is 0.901. The Morgan fingerprint density at radius 1 is 1.50 bits per heavy atom. The first-order valence-corrected chi connectivity index (χ1v) is 7.02. The standard InChI is InChI=1S/C14H18BrFO2/c1-18-14(6-3-7-14)9-11(17)8-10-4-2-5-12(16)13(10)15/h2,4-5,11,17H,3,6-9H2,1H3. The lowest BCUT2D eigenvalue weighted by atomic mass is 9.75. The maximum absolute atomic E-state index is 13.4. The molecular weight excluding hydrogens is 299 g/mol. The molecule has 1 aliphatic carbocycles. The topological polar surface area (TPSA) is 29.5 Å². The van der Waals surface area contributed by atoms with Crippen molar-refractivity contribution in [2.24, 2.45) is 0 Å². The molecule has 0 saturated heterocycles. The summed E-state index contributed by atoms with van der Waals surface area (Å²) in [7, 11) is 1.70. The van der Waals surface area contributed by atoms with Crippen LogP contribution in [-0.4, -0.2) is 23.9 Å². The minimum absolute atomic E-state index is 0.154. The number of benzene rings is 1. The smallest absolute Gasteiger partial charge is 0.137 e. The van der Waals surface area contributed by atoms with E-state index in [1.807, 2.05) is 6.07 Å². The van der Waals surface area contributed by atoms with Crippen molar-refractivity contribution in [2.45, 2.75) is 43.8 Å². The number of hydrogen-bond acceptors (Lipinski definition) is 2. The lowest BCUT2D eigenvalue weighted by molar-refractivity contribution is -0.0989. The molecule has 4 heteroatoms. The van der Waals surface area contributed by atoms with Crippen LogP contribution in [0.15, 0.2) is 22.7 Å². The molecule has 0 heterocycles. The molecule has 1 saturated carbocycles. The van der Waals surface area contributed by atoms with E-state index in [2.05, 4.69) is 15.9 Å². The first kappa shape index (κ1) is 14.0. The van der Waals surface area contributed by atoms with Crippen LogP contribution in [0.3, 0.4) is 0 Å². The zero-order valence-corrected chi connectivity index (χ0v) is 12.0. The summed E-state index contributed by atoms with van der Waals surface area (Å²) in [6.07, 6.45) is 3.74. The zero-order valence-electron chi connectivity index (χ0n) is 10.5. The average Bonchev–Trinajstić information content (AvgIpc) is 2.30. The predicted octanol–water partition coefficient (Wildman–Crippen LogP) is 3.45. The number of methoxy groups -OCH3 is 1. The Morgan fingerprint density at radius 3 is 2.78 bits per heavy atom. The van der Waals surface area contributed by atoms with Crippen LogP contribution in [0, 0.1) is 5.82 Å². The Kier molecular flexibility index (Phi) is 4.41. The van der Waals surface area contributed by atoms with Crippen molar-refractivity contribution in [3.05, 3.63) is 34.1 Å². The average molecular weight is 317 g/mol.